The van der Waals surface area contributed by atoms with E-state index >= 15 is 0 Å². The first-order valence-corrected chi connectivity index (χ1v) is 7.21. The average Bonchev–Trinajstić information content (AvgIpc) is 2.38. The Morgan fingerprint density at radius 1 is 1.20 bits per heavy atom. The Morgan fingerprint density at radius 3 is 2.40 bits per heavy atom. The van der Waals surface area contributed by atoms with Crippen molar-refractivity contribution >= 4 is 32.7 Å². The van der Waals surface area contributed by atoms with Crippen molar-refractivity contribution in [2.24, 2.45) is 5.41 Å². The normalized spacial score (nSPS) is 13.4. The Morgan fingerprint density at radius 2 is 1.80 bits per heavy atom. The van der Waals surface area contributed by atoms with Crippen molar-refractivity contribution in [2.75, 3.05) is 0 Å². The molecular weight excluding hydrogens is 320 g/mol. The van der Waals surface area contributed by atoms with Crippen molar-refractivity contribution in [3.63, 3.8) is 0 Å². The first-order valence-electron chi connectivity index (χ1n) is 6.41. The zero-order valence-electron chi connectivity index (χ0n) is 11.4. The summed E-state index contributed by atoms with van der Waals surface area (Å²) in [7, 11) is 0. The van der Waals surface area contributed by atoms with Crippen LogP contribution in [0.1, 0.15) is 31.9 Å². The number of hydrogen-bond acceptors (Lipinski definition) is 2. The molecule has 0 heterocycles. The van der Waals surface area contributed by atoms with Crippen LogP contribution < -0.4 is 0 Å². The lowest BCUT2D eigenvalue weighted by atomic mass is 9.84. The topological polar surface area (TPSA) is 57.5 Å². The molecule has 0 aromatic heterocycles. The molecule has 2 rings (SSSR count). The molecule has 4 heteroatoms. The van der Waals surface area contributed by atoms with Gasteiger partial charge in [-0.1, -0.05) is 46.3 Å². The lowest BCUT2D eigenvalue weighted by Gasteiger charge is -2.24. The Kier molecular flexibility index (Phi) is 4.16. The SMILES string of the molecule is CC(C)(CC(O)c1ccc(Br)c2ccccc12)C(=O)O. The molecular formula is C16H17BrO3. The van der Waals surface area contributed by atoms with Crippen LogP contribution in [0.5, 0.6) is 0 Å². The maximum absolute atomic E-state index is 11.2. The van der Waals surface area contributed by atoms with Crippen LogP contribution in [0, 0.1) is 5.41 Å². The molecule has 0 radical (unpaired) electrons. The highest BCUT2D eigenvalue weighted by atomic mass is 79.9. The van der Waals surface area contributed by atoms with E-state index in [-0.39, 0.29) is 6.42 Å². The van der Waals surface area contributed by atoms with Crippen LogP contribution in [-0.2, 0) is 4.79 Å². The Labute approximate surface area is 126 Å². The fourth-order valence-corrected chi connectivity index (χ4v) is 2.73. The molecule has 0 saturated carbocycles. The van der Waals surface area contributed by atoms with Gasteiger partial charge < -0.3 is 10.2 Å². The maximum Gasteiger partial charge on any atom is 0.309 e. The second-order valence-electron chi connectivity index (χ2n) is 5.59. The van der Waals surface area contributed by atoms with Crippen molar-refractivity contribution in [3.05, 3.63) is 46.4 Å². The van der Waals surface area contributed by atoms with Crippen LogP contribution in [0.25, 0.3) is 10.8 Å². The number of benzene rings is 2. The summed E-state index contributed by atoms with van der Waals surface area (Å²) in [6, 6.07) is 11.5. The molecule has 1 atom stereocenters. The number of fused-ring (bicyclic) bond motifs is 1. The van der Waals surface area contributed by atoms with Gasteiger partial charge >= 0.3 is 5.97 Å². The molecule has 0 aliphatic rings. The van der Waals surface area contributed by atoms with E-state index in [1.54, 1.807) is 13.8 Å². The Hall–Kier alpha value is -1.39. The zero-order valence-corrected chi connectivity index (χ0v) is 13.0. The molecule has 0 saturated heterocycles. The minimum Gasteiger partial charge on any atom is -0.481 e. The first kappa shape index (κ1) is 15.0. The second kappa shape index (κ2) is 5.54. The molecule has 3 nitrogen and oxygen atoms in total. The van der Waals surface area contributed by atoms with Crippen molar-refractivity contribution < 1.29 is 15.0 Å². The molecule has 0 bridgehead atoms. The maximum atomic E-state index is 11.2. The quantitative estimate of drug-likeness (QED) is 0.882. The third-order valence-corrected chi connectivity index (χ3v) is 4.24. The molecule has 1 unspecified atom stereocenters. The highest BCUT2D eigenvalue weighted by Gasteiger charge is 2.31. The molecule has 0 fully saturated rings. The van der Waals surface area contributed by atoms with Gasteiger partial charge in [-0.15, -0.1) is 0 Å². The fraction of sp³-hybridized carbons (Fsp3) is 0.312. The fourth-order valence-electron chi connectivity index (χ4n) is 2.26. The van der Waals surface area contributed by atoms with Crippen molar-refractivity contribution in [2.45, 2.75) is 26.4 Å². The molecule has 0 amide bonds. The molecule has 2 aromatic rings. The third kappa shape index (κ3) is 2.86. The minimum absolute atomic E-state index is 0.175. The van der Waals surface area contributed by atoms with Gasteiger partial charge in [-0.2, -0.15) is 0 Å². The standard InChI is InChI=1S/C16H17BrO3/c1-16(2,15(19)20)9-14(18)12-7-8-13(17)11-6-4-3-5-10(11)12/h3-8,14,18H,9H2,1-2H3,(H,19,20). The van der Waals surface area contributed by atoms with E-state index in [0.29, 0.717) is 0 Å². The number of carboxylic acids is 1. The molecule has 2 N–H and O–H groups in total. The number of rotatable bonds is 4. The van der Waals surface area contributed by atoms with Crippen LogP contribution >= 0.6 is 15.9 Å². The number of carboxylic acid groups (broad SMARTS) is 1. The second-order valence-corrected chi connectivity index (χ2v) is 6.45. The van der Waals surface area contributed by atoms with E-state index in [1.807, 2.05) is 36.4 Å². The number of aliphatic hydroxyl groups excluding tert-OH is 1. The van der Waals surface area contributed by atoms with E-state index in [1.165, 1.54) is 0 Å². The highest BCUT2D eigenvalue weighted by molar-refractivity contribution is 9.10. The molecule has 2 aromatic carbocycles. The van der Waals surface area contributed by atoms with Gasteiger partial charge in [0.05, 0.1) is 11.5 Å². The van der Waals surface area contributed by atoms with Crippen molar-refractivity contribution in [3.8, 4) is 0 Å². The highest BCUT2D eigenvalue weighted by Crippen LogP contribution is 2.35. The number of aliphatic hydroxyl groups is 1. The zero-order chi connectivity index (χ0) is 14.9. The van der Waals surface area contributed by atoms with E-state index in [2.05, 4.69) is 15.9 Å². The van der Waals surface area contributed by atoms with Gasteiger partial charge in [-0.25, -0.2) is 0 Å². The van der Waals surface area contributed by atoms with Crippen LogP contribution in [0.3, 0.4) is 0 Å². The molecule has 106 valence electrons. The lowest BCUT2D eigenvalue weighted by Crippen LogP contribution is -2.26. The molecule has 0 aliphatic heterocycles. The van der Waals surface area contributed by atoms with E-state index < -0.39 is 17.5 Å². The smallest absolute Gasteiger partial charge is 0.309 e. The van der Waals surface area contributed by atoms with Gasteiger partial charge in [-0.05, 0) is 42.7 Å². The monoisotopic (exact) mass is 336 g/mol. The molecule has 20 heavy (non-hydrogen) atoms. The summed E-state index contributed by atoms with van der Waals surface area (Å²) in [5.41, 5.74) is -0.203. The van der Waals surface area contributed by atoms with E-state index in [0.717, 1.165) is 20.8 Å². The van der Waals surface area contributed by atoms with Gasteiger partial charge in [0.25, 0.3) is 0 Å². The lowest BCUT2D eigenvalue weighted by molar-refractivity contribution is -0.148. The first-order chi connectivity index (χ1) is 9.33. The number of carbonyl (C=O) groups is 1. The van der Waals surface area contributed by atoms with Crippen LogP contribution in [0.4, 0.5) is 0 Å². The van der Waals surface area contributed by atoms with E-state index in [4.69, 9.17) is 0 Å². The minimum atomic E-state index is -0.965. The van der Waals surface area contributed by atoms with Gasteiger partial charge in [0.15, 0.2) is 0 Å². The third-order valence-electron chi connectivity index (χ3n) is 3.55. The summed E-state index contributed by atoms with van der Waals surface area (Å²) < 4.78 is 0.960. The van der Waals surface area contributed by atoms with Gasteiger partial charge in [0.1, 0.15) is 0 Å². The summed E-state index contributed by atoms with van der Waals surface area (Å²) >= 11 is 3.49. The molecule has 0 aliphatic carbocycles. The van der Waals surface area contributed by atoms with E-state index in [9.17, 15) is 15.0 Å². The van der Waals surface area contributed by atoms with Gasteiger partial charge in [0, 0.05) is 4.47 Å². The van der Waals surface area contributed by atoms with Crippen molar-refractivity contribution in [1.82, 2.24) is 0 Å². The Balaban J connectivity index is 2.43. The van der Waals surface area contributed by atoms with Crippen LogP contribution in [-0.4, -0.2) is 16.2 Å². The number of aliphatic carboxylic acids is 1. The largest absolute Gasteiger partial charge is 0.481 e. The Bertz CT molecular complexity index is 649. The predicted octanol–water partition coefficient (Wildman–Crippen LogP) is 4.14. The number of hydrogen-bond donors (Lipinski definition) is 2. The summed E-state index contributed by atoms with van der Waals surface area (Å²) in [6.07, 6.45) is -0.632. The van der Waals surface area contributed by atoms with Crippen LogP contribution in [0.15, 0.2) is 40.9 Å². The predicted molar refractivity (Wildman–Crippen MR) is 82.6 cm³/mol. The summed E-state index contributed by atoms with van der Waals surface area (Å²) in [6.45, 7) is 3.25. The van der Waals surface area contributed by atoms with Gasteiger partial charge in [0.2, 0.25) is 0 Å². The summed E-state index contributed by atoms with van der Waals surface area (Å²) in [5.74, 6) is -0.905. The number of halogens is 1. The van der Waals surface area contributed by atoms with Gasteiger partial charge in [-0.3, -0.25) is 4.79 Å². The van der Waals surface area contributed by atoms with Crippen molar-refractivity contribution in [1.29, 1.82) is 0 Å². The van der Waals surface area contributed by atoms with Crippen LogP contribution in [0.2, 0.25) is 0 Å². The summed E-state index contributed by atoms with van der Waals surface area (Å²) in [5, 5.41) is 21.5. The summed E-state index contributed by atoms with van der Waals surface area (Å²) in [4.78, 5) is 11.2. The molecule has 0 spiro atoms. The average molecular weight is 337 g/mol.